The maximum absolute atomic E-state index is 11.7. The Balaban J connectivity index is 4.36. The zero-order valence-corrected chi connectivity index (χ0v) is 9.70. The minimum Gasteiger partial charge on any atom is -0.444 e. The van der Waals surface area contributed by atoms with Crippen molar-refractivity contribution in [2.45, 2.75) is 26.4 Å². The number of likely N-dealkylation sites (N-methyl/N-ethyl adjacent to an activating group) is 2. The van der Waals surface area contributed by atoms with Crippen LogP contribution >= 0.6 is 0 Å². The van der Waals surface area contributed by atoms with E-state index in [0.29, 0.717) is 13.1 Å². The van der Waals surface area contributed by atoms with Gasteiger partial charge in [-0.15, -0.1) is 0 Å². The number of amides is 1. The van der Waals surface area contributed by atoms with Crippen molar-refractivity contribution in [3.05, 3.63) is 0 Å². The largest absolute Gasteiger partial charge is 0.444 e. The maximum atomic E-state index is 11.7. The molecule has 0 heterocycles. The fourth-order valence-corrected chi connectivity index (χ4v) is 0.720. The molecule has 0 aliphatic carbocycles. The second-order valence-electron chi connectivity index (χ2n) is 4.48. The Morgan fingerprint density at radius 1 is 1.36 bits per heavy atom. The third-order valence-corrected chi connectivity index (χ3v) is 1.42. The van der Waals surface area contributed by atoms with E-state index >= 15 is 0 Å². The molecule has 0 saturated carbocycles. The Hall–Kier alpha value is -0.770. The Bertz CT molecular complexity index is 227. The first-order valence-corrected chi connectivity index (χ1v) is 4.62. The van der Waals surface area contributed by atoms with E-state index in [0.717, 1.165) is 4.90 Å². The highest BCUT2D eigenvalue weighted by molar-refractivity contribution is 5.67. The van der Waals surface area contributed by atoms with Crippen LogP contribution in [0.1, 0.15) is 23.5 Å². The molecule has 0 atom stereocenters. The van der Waals surface area contributed by atoms with Crippen LogP contribution in [-0.4, -0.2) is 55.7 Å². The zero-order valence-electron chi connectivity index (χ0n) is 11.7. The highest BCUT2D eigenvalue weighted by Crippen LogP contribution is 2.08. The fourth-order valence-electron chi connectivity index (χ4n) is 0.720. The van der Waals surface area contributed by atoms with Gasteiger partial charge in [0.25, 0.3) is 0 Å². The fraction of sp³-hybridized carbons (Fsp3) is 0.900. The number of hydrogen-bond acceptors (Lipinski definition) is 3. The summed E-state index contributed by atoms with van der Waals surface area (Å²) in [4.78, 5) is 14.6. The lowest BCUT2D eigenvalue weighted by Crippen LogP contribution is -2.37. The Morgan fingerprint density at radius 2 is 1.93 bits per heavy atom. The van der Waals surface area contributed by atoms with Crippen LogP contribution in [0.15, 0.2) is 0 Å². The van der Waals surface area contributed by atoms with E-state index in [4.69, 9.17) is 7.48 Å². The minimum absolute atomic E-state index is 0.319. The number of carbonyl (C=O) groups excluding carboxylic acids is 1. The minimum atomic E-state index is -1.34. The van der Waals surface area contributed by atoms with Crippen molar-refractivity contribution >= 4 is 6.09 Å². The summed E-state index contributed by atoms with van der Waals surface area (Å²) in [5.41, 5.74) is -0.595. The first kappa shape index (κ1) is 9.77. The summed E-state index contributed by atoms with van der Waals surface area (Å²) < 4.78 is 19.7. The molecule has 0 radical (unpaired) electrons. The molecule has 14 heavy (non-hydrogen) atoms. The molecule has 0 aromatic carbocycles. The molecule has 4 heteroatoms. The third-order valence-electron chi connectivity index (χ3n) is 1.42. The average molecular weight is 204 g/mol. The normalized spacial score (nSPS) is 13.9. The van der Waals surface area contributed by atoms with Gasteiger partial charge in [0.1, 0.15) is 5.60 Å². The molecule has 1 amide bonds. The van der Waals surface area contributed by atoms with Crippen molar-refractivity contribution in [1.82, 2.24) is 9.80 Å². The van der Waals surface area contributed by atoms with Crippen LogP contribution in [0.4, 0.5) is 4.79 Å². The lowest BCUT2D eigenvalue weighted by atomic mass is 10.2. The molecule has 0 unspecified atom stereocenters. The Morgan fingerprint density at radius 3 is 2.29 bits per heavy atom. The van der Waals surface area contributed by atoms with Crippen molar-refractivity contribution in [2.75, 3.05) is 34.2 Å². The average Bonchev–Trinajstić information content (AvgIpc) is 1.98. The van der Waals surface area contributed by atoms with Gasteiger partial charge in [-0.1, -0.05) is 0 Å². The second kappa shape index (κ2) is 5.20. The molecule has 0 bridgehead atoms. The standard InChI is InChI=1S/C10H22N2O2/c1-10(2,3)14-9(13)12(6)8-7-11(4)5/h7-8H2,1-6H3/i6D2. The van der Waals surface area contributed by atoms with Gasteiger partial charge in [0.15, 0.2) is 0 Å². The van der Waals surface area contributed by atoms with Crippen LogP contribution in [0.3, 0.4) is 0 Å². The van der Waals surface area contributed by atoms with E-state index in [1.54, 1.807) is 20.8 Å². The molecule has 4 nitrogen and oxygen atoms in total. The SMILES string of the molecule is [2H]C([2H])N(CCN(C)C)C(=O)OC(C)(C)C. The molecule has 0 aliphatic rings. The summed E-state index contributed by atoms with van der Waals surface area (Å²) in [5.74, 6) is 0. The van der Waals surface area contributed by atoms with Gasteiger partial charge in [-0.05, 0) is 34.9 Å². The van der Waals surface area contributed by atoms with Crippen LogP contribution in [0.25, 0.3) is 0 Å². The van der Waals surface area contributed by atoms with Crippen molar-refractivity contribution < 1.29 is 12.3 Å². The molecule has 84 valence electrons. The molecule has 0 spiro atoms. The van der Waals surface area contributed by atoms with Crippen molar-refractivity contribution in [2.24, 2.45) is 0 Å². The first-order valence-electron chi connectivity index (χ1n) is 5.78. The Labute approximate surface area is 89.6 Å². The van der Waals surface area contributed by atoms with Gasteiger partial charge in [0.05, 0.1) is 0 Å². The van der Waals surface area contributed by atoms with Gasteiger partial charge < -0.3 is 14.5 Å². The van der Waals surface area contributed by atoms with E-state index in [9.17, 15) is 4.79 Å². The quantitative estimate of drug-likeness (QED) is 0.697. The van der Waals surface area contributed by atoms with Crippen molar-refractivity contribution in [1.29, 1.82) is 0 Å². The summed E-state index contributed by atoms with van der Waals surface area (Å²) in [6.45, 7) is 4.87. The topological polar surface area (TPSA) is 32.8 Å². The highest BCUT2D eigenvalue weighted by Gasteiger charge is 2.19. The number of rotatable bonds is 3. The van der Waals surface area contributed by atoms with E-state index < -0.39 is 18.7 Å². The van der Waals surface area contributed by atoms with E-state index in [1.807, 2.05) is 19.0 Å². The van der Waals surface area contributed by atoms with Crippen molar-refractivity contribution in [3.63, 3.8) is 0 Å². The first-order chi connectivity index (χ1) is 7.13. The predicted octanol–water partition coefficient (Wildman–Crippen LogP) is 1.41. The summed E-state index contributed by atoms with van der Waals surface area (Å²) in [7, 11) is 3.74. The molecule has 0 rings (SSSR count). The van der Waals surface area contributed by atoms with E-state index in [1.165, 1.54) is 0 Å². The van der Waals surface area contributed by atoms with Gasteiger partial charge in [-0.2, -0.15) is 0 Å². The second-order valence-corrected chi connectivity index (χ2v) is 4.48. The highest BCUT2D eigenvalue weighted by atomic mass is 16.6. The molecule has 0 aliphatic heterocycles. The van der Waals surface area contributed by atoms with Crippen molar-refractivity contribution in [3.8, 4) is 0 Å². The van der Waals surface area contributed by atoms with Gasteiger partial charge in [-0.3, -0.25) is 0 Å². The van der Waals surface area contributed by atoms with Gasteiger partial charge in [0.2, 0.25) is 0 Å². The van der Waals surface area contributed by atoms with E-state index in [-0.39, 0.29) is 0 Å². The molecular weight excluding hydrogens is 180 g/mol. The summed E-state index contributed by atoms with van der Waals surface area (Å²) in [6, 6.07) is 0. The van der Waals surface area contributed by atoms with Gasteiger partial charge in [0, 0.05) is 22.8 Å². The van der Waals surface area contributed by atoms with E-state index in [2.05, 4.69) is 0 Å². The predicted molar refractivity (Wildman–Crippen MR) is 57.4 cm³/mol. The smallest absolute Gasteiger partial charge is 0.410 e. The summed E-state index contributed by atoms with van der Waals surface area (Å²) in [6.07, 6.45) is -0.607. The molecule has 0 fully saturated rings. The lowest BCUT2D eigenvalue weighted by molar-refractivity contribution is 0.0290. The number of nitrogens with zero attached hydrogens (tertiary/aromatic N) is 2. The van der Waals surface area contributed by atoms with Crippen LogP contribution in [0, 0.1) is 0 Å². The van der Waals surface area contributed by atoms with Crippen LogP contribution in [0.5, 0.6) is 0 Å². The summed E-state index contributed by atoms with van der Waals surface area (Å²) >= 11 is 0. The number of ether oxygens (including phenoxy) is 1. The lowest BCUT2D eigenvalue weighted by Gasteiger charge is -2.25. The molecule has 0 N–H and O–H groups in total. The van der Waals surface area contributed by atoms with Crippen LogP contribution < -0.4 is 0 Å². The number of carbonyl (C=O) groups is 1. The molecule has 0 aromatic heterocycles. The van der Waals surface area contributed by atoms with Gasteiger partial charge in [-0.25, -0.2) is 4.79 Å². The zero-order chi connectivity index (χ0) is 12.9. The van der Waals surface area contributed by atoms with Gasteiger partial charge >= 0.3 is 6.09 Å². The van der Waals surface area contributed by atoms with Crippen LogP contribution in [0.2, 0.25) is 0 Å². The van der Waals surface area contributed by atoms with Crippen LogP contribution in [-0.2, 0) is 4.74 Å². The summed E-state index contributed by atoms with van der Waals surface area (Å²) in [5, 5.41) is 0. The maximum Gasteiger partial charge on any atom is 0.410 e. The molecule has 0 saturated heterocycles. The monoisotopic (exact) mass is 204 g/mol. The molecule has 0 aromatic rings. The molecular formula is C10H22N2O2. The number of hydrogen-bond donors (Lipinski definition) is 0. The Kier molecular flexibility index (Phi) is 3.63. The third kappa shape index (κ3) is 6.71.